The summed E-state index contributed by atoms with van der Waals surface area (Å²) >= 11 is 3.16. The fourth-order valence-electron chi connectivity index (χ4n) is 0.557. The van der Waals surface area contributed by atoms with Gasteiger partial charge in [0.15, 0.2) is 6.29 Å². The molecule has 0 spiro atoms. The molecule has 1 aromatic heterocycles. The smallest absolute Gasteiger partial charge is 0.171 e. The van der Waals surface area contributed by atoms with Gasteiger partial charge < -0.3 is 0 Å². The van der Waals surface area contributed by atoms with Gasteiger partial charge in [-0.25, -0.2) is 0 Å². The summed E-state index contributed by atoms with van der Waals surface area (Å²) in [6, 6.07) is 0. The van der Waals surface area contributed by atoms with E-state index >= 15 is 0 Å². The molecule has 0 amide bonds. The number of aromatic nitrogens is 2. The summed E-state index contributed by atoms with van der Waals surface area (Å²) in [7, 11) is 1.76. The predicted molar refractivity (Wildman–Crippen MR) is 36.3 cm³/mol. The minimum absolute atomic E-state index is 0.442. The average molecular weight is 189 g/mol. The van der Waals surface area contributed by atoms with Crippen molar-refractivity contribution in [3.63, 3.8) is 0 Å². The van der Waals surface area contributed by atoms with Crippen molar-refractivity contribution in [3.05, 3.63) is 16.4 Å². The summed E-state index contributed by atoms with van der Waals surface area (Å²) < 4.78 is 2.31. The molecule has 9 heavy (non-hydrogen) atoms. The van der Waals surface area contributed by atoms with E-state index in [0.717, 1.165) is 4.47 Å². The van der Waals surface area contributed by atoms with Gasteiger partial charge in [-0.05, 0) is 15.9 Å². The van der Waals surface area contributed by atoms with Gasteiger partial charge >= 0.3 is 0 Å². The lowest BCUT2D eigenvalue weighted by Gasteiger charge is -1.79. The van der Waals surface area contributed by atoms with Crippen LogP contribution in [-0.4, -0.2) is 16.1 Å². The van der Waals surface area contributed by atoms with Crippen LogP contribution >= 0.6 is 15.9 Å². The van der Waals surface area contributed by atoms with E-state index in [0.29, 0.717) is 12.0 Å². The van der Waals surface area contributed by atoms with Gasteiger partial charge in [0.05, 0.1) is 4.47 Å². The molecule has 0 aliphatic carbocycles. The van der Waals surface area contributed by atoms with Crippen molar-refractivity contribution in [1.29, 1.82) is 0 Å². The molecule has 0 radical (unpaired) electrons. The maximum absolute atomic E-state index is 10.1. The van der Waals surface area contributed by atoms with E-state index in [1.54, 1.807) is 17.9 Å². The van der Waals surface area contributed by atoms with E-state index in [-0.39, 0.29) is 0 Å². The standard InChI is InChI=1S/C5H5BrN2O/c1-8-2-4(6)5(3-9)7-8/h2-3H,1H3. The Morgan fingerprint density at radius 2 is 2.56 bits per heavy atom. The van der Waals surface area contributed by atoms with Crippen LogP contribution in [0.5, 0.6) is 0 Å². The van der Waals surface area contributed by atoms with E-state index in [1.807, 2.05) is 0 Å². The highest BCUT2D eigenvalue weighted by Crippen LogP contribution is 2.10. The predicted octanol–water partition coefficient (Wildman–Crippen LogP) is 0.995. The van der Waals surface area contributed by atoms with Gasteiger partial charge in [-0.3, -0.25) is 9.48 Å². The van der Waals surface area contributed by atoms with Gasteiger partial charge in [0.2, 0.25) is 0 Å². The summed E-state index contributed by atoms with van der Waals surface area (Å²) in [5.41, 5.74) is 0.442. The number of halogens is 1. The monoisotopic (exact) mass is 188 g/mol. The molecule has 0 bridgehead atoms. The molecule has 0 unspecified atom stereocenters. The molecule has 0 aliphatic heterocycles. The molecule has 0 aromatic carbocycles. The van der Waals surface area contributed by atoms with Crippen molar-refractivity contribution in [1.82, 2.24) is 9.78 Å². The van der Waals surface area contributed by atoms with Crippen LogP contribution in [0.4, 0.5) is 0 Å². The normalized spacial score (nSPS) is 9.56. The first-order valence-electron chi connectivity index (χ1n) is 2.38. The highest BCUT2D eigenvalue weighted by Gasteiger charge is 2.00. The molecule has 0 saturated heterocycles. The summed E-state index contributed by atoms with van der Waals surface area (Å²) in [5.74, 6) is 0. The summed E-state index contributed by atoms with van der Waals surface area (Å²) in [4.78, 5) is 10.1. The van der Waals surface area contributed by atoms with E-state index in [1.165, 1.54) is 0 Å². The Balaban J connectivity index is 3.15. The van der Waals surface area contributed by atoms with Gasteiger partial charge in [-0.1, -0.05) is 0 Å². The van der Waals surface area contributed by atoms with Crippen LogP contribution < -0.4 is 0 Å². The first-order chi connectivity index (χ1) is 4.24. The fourth-order valence-corrected chi connectivity index (χ4v) is 1.03. The van der Waals surface area contributed by atoms with Crippen LogP contribution in [-0.2, 0) is 7.05 Å². The third-order valence-electron chi connectivity index (χ3n) is 0.922. The maximum Gasteiger partial charge on any atom is 0.171 e. The Kier molecular flexibility index (Phi) is 1.66. The third-order valence-corrected chi connectivity index (χ3v) is 1.53. The second-order valence-corrected chi connectivity index (χ2v) is 2.51. The van der Waals surface area contributed by atoms with Gasteiger partial charge in [0.1, 0.15) is 5.69 Å². The molecule has 0 saturated carbocycles. The van der Waals surface area contributed by atoms with Crippen LogP contribution in [0.25, 0.3) is 0 Å². The minimum Gasteiger partial charge on any atom is -0.296 e. The Bertz CT molecular complexity index is 231. The number of aryl methyl sites for hydroxylation is 1. The quantitative estimate of drug-likeness (QED) is 0.617. The molecular weight excluding hydrogens is 184 g/mol. The van der Waals surface area contributed by atoms with E-state index in [2.05, 4.69) is 21.0 Å². The molecule has 1 rings (SSSR count). The highest BCUT2D eigenvalue weighted by molar-refractivity contribution is 9.10. The molecule has 0 atom stereocenters. The van der Waals surface area contributed by atoms with Crippen molar-refractivity contribution in [3.8, 4) is 0 Å². The van der Waals surface area contributed by atoms with Gasteiger partial charge in [0, 0.05) is 13.2 Å². The maximum atomic E-state index is 10.1. The zero-order valence-electron chi connectivity index (χ0n) is 4.84. The van der Waals surface area contributed by atoms with Crippen LogP contribution in [0.3, 0.4) is 0 Å². The Labute approximate surface area is 60.8 Å². The number of nitrogens with zero attached hydrogens (tertiary/aromatic N) is 2. The number of aldehydes is 1. The number of carbonyl (C=O) groups is 1. The van der Waals surface area contributed by atoms with Gasteiger partial charge in [-0.15, -0.1) is 0 Å². The lowest BCUT2D eigenvalue weighted by molar-refractivity contribution is 0.111. The SMILES string of the molecule is Cn1cc(Br)c(C=O)n1. The van der Waals surface area contributed by atoms with Gasteiger partial charge in [-0.2, -0.15) is 5.10 Å². The third kappa shape index (κ3) is 1.18. The van der Waals surface area contributed by atoms with Crippen LogP contribution in [0, 0.1) is 0 Å². The largest absolute Gasteiger partial charge is 0.296 e. The van der Waals surface area contributed by atoms with Crippen LogP contribution in [0.15, 0.2) is 10.7 Å². The number of carbonyl (C=O) groups excluding carboxylic acids is 1. The van der Waals surface area contributed by atoms with Crippen molar-refractivity contribution >= 4 is 22.2 Å². The number of hydrogen-bond donors (Lipinski definition) is 0. The molecule has 1 heterocycles. The summed E-state index contributed by atoms with van der Waals surface area (Å²) in [5, 5.41) is 3.83. The molecule has 0 aliphatic rings. The van der Waals surface area contributed by atoms with Crippen LogP contribution in [0.1, 0.15) is 10.5 Å². The highest BCUT2D eigenvalue weighted by atomic mass is 79.9. The van der Waals surface area contributed by atoms with E-state index < -0.39 is 0 Å². The molecule has 3 nitrogen and oxygen atoms in total. The first kappa shape index (κ1) is 6.48. The topological polar surface area (TPSA) is 34.9 Å². The summed E-state index contributed by atoms with van der Waals surface area (Å²) in [6.07, 6.45) is 2.44. The van der Waals surface area contributed by atoms with Gasteiger partial charge in [0.25, 0.3) is 0 Å². The van der Waals surface area contributed by atoms with Crippen molar-refractivity contribution < 1.29 is 4.79 Å². The first-order valence-corrected chi connectivity index (χ1v) is 3.17. The Morgan fingerprint density at radius 3 is 2.78 bits per heavy atom. The number of hydrogen-bond acceptors (Lipinski definition) is 2. The van der Waals surface area contributed by atoms with Crippen molar-refractivity contribution in [2.75, 3.05) is 0 Å². The molecule has 0 N–H and O–H groups in total. The molecular formula is C5H5BrN2O. The Morgan fingerprint density at radius 1 is 1.89 bits per heavy atom. The summed E-state index contributed by atoms with van der Waals surface area (Å²) in [6.45, 7) is 0. The second kappa shape index (κ2) is 2.31. The van der Waals surface area contributed by atoms with Crippen molar-refractivity contribution in [2.24, 2.45) is 7.05 Å². The molecule has 4 heteroatoms. The lowest BCUT2D eigenvalue weighted by Crippen LogP contribution is -1.88. The van der Waals surface area contributed by atoms with Crippen LogP contribution in [0.2, 0.25) is 0 Å². The second-order valence-electron chi connectivity index (χ2n) is 1.65. The van der Waals surface area contributed by atoms with E-state index in [4.69, 9.17) is 0 Å². The zero-order valence-corrected chi connectivity index (χ0v) is 6.42. The molecule has 1 aromatic rings. The minimum atomic E-state index is 0.442. The van der Waals surface area contributed by atoms with Crippen molar-refractivity contribution in [2.45, 2.75) is 0 Å². The molecule has 48 valence electrons. The zero-order chi connectivity index (χ0) is 6.85. The number of rotatable bonds is 1. The Hall–Kier alpha value is -0.640. The fraction of sp³-hybridized carbons (Fsp3) is 0.200. The van der Waals surface area contributed by atoms with E-state index in [9.17, 15) is 4.79 Å². The molecule has 0 fully saturated rings. The lowest BCUT2D eigenvalue weighted by atomic mass is 10.5. The average Bonchev–Trinajstić information content (AvgIpc) is 2.10.